The zero-order valence-electron chi connectivity index (χ0n) is 19.8. The van der Waals surface area contributed by atoms with Gasteiger partial charge >= 0.3 is 5.97 Å². The van der Waals surface area contributed by atoms with Crippen molar-refractivity contribution in [3.05, 3.63) is 65.0 Å². The van der Waals surface area contributed by atoms with Crippen molar-refractivity contribution < 1.29 is 14.3 Å². The van der Waals surface area contributed by atoms with Gasteiger partial charge in [0.1, 0.15) is 5.65 Å². The van der Waals surface area contributed by atoms with Crippen LogP contribution in [0, 0.1) is 5.41 Å². The first-order valence-electron chi connectivity index (χ1n) is 11.9. The summed E-state index contributed by atoms with van der Waals surface area (Å²) in [6.45, 7) is 7.25. The molecule has 0 bridgehead atoms. The molecule has 0 saturated heterocycles. The molecule has 6 nitrogen and oxygen atoms in total. The van der Waals surface area contributed by atoms with E-state index in [-0.39, 0.29) is 11.9 Å². The van der Waals surface area contributed by atoms with Crippen molar-refractivity contribution >= 4 is 22.9 Å². The van der Waals surface area contributed by atoms with Gasteiger partial charge in [0.15, 0.2) is 0 Å². The Morgan fingerprint density at radius 3 is 2.70 bits per heavy atom. The molecule has 2 aromatic heterocycles. The lowest BCUT2D eigenvalue weighted by atomic mass is 9.87. The predicted octanol–water partition coefficient (Wildman–Crippen LogP) is 4.80. The van der Waals surface area contributed by atoms with Gasteiger partial charge in [-0.3, -0.25) is 9.59 Å². The number of rotatable bonds is 8. The van der Waals surface area contributed by atoms with E-state index in [9.17, 15) is 9.59 Å². The fourth-order valence-corrected chi connectivity index (χ4v) is 4.54. The number of esters is 1. The van der Waals surface area contributed by atoms with Gasteiger partial charge in [-0.2, -0.15) is 0 Å². The molecule has 1 N–H and O–H groups in total. The Kier molecular flexibility index (Phi) is 6.82. The lowest BCUT2D eigenvalue weighted by Gasteiger charge is -2.28. The highest BCUT2D eigenvalue weighted by atomic mass is 16.5. The standard InChI is InChI=1S/C27H33N3O3/c1-4-33-26(32)27(2,3)15-8-11-24(31)30-16-14-21-22-13-12-20(17-19-9-6-5-7-10-19)28-25(22)29-23(21)18-30/h5-7,9-10,12-13H,4,8,11,14-18H2,1-3H3,(H,28,29). The van der Waals surface area contributed by atoms with E-state index >= 15 is 0 Å². The van der Waals surface area contributed by atoms with Crippen LogP contribution in [0.2, 0.25) is 0 Å². The van der Waals surface area contributed by atoms with Crippen molar-refractivity contribution in [3.8, 4) is 0 Å². The average Bonchev–Trinajstić information content (AvgIpc) is 3.16. The summed E-state index contributed by atoms with van der Waals surface area (Å²) in [5, 5.41) is 1.16. The third kappa shape index (κ3) is 5.27. The first kappa shape index (κ1) is 23.0. The van der Waals surface area contributed by atoms with Crippen molar-refractivity contribution in [3.63, 3.8) is 0 Å². The predicted molar refractivity (Wildman–Crippen MR) is 129 cm³/mol. The van der Waals surface area contributed by atoms with E-state index in [0.717, 1.165) is 35.3 Å². The number of hydrogen-bond acceptors (Lipinski definition) is 4. The summed E-state index contributed by atoms with van der Waals surface area (Å²) in [4.78, 5) is 35.1. The number of hydrogen-bond donors (Lipinski definition) is 1. The molecule has 0 unspecified atom stereocenters. The Morgan fingerprint density at radius 2 is 1.94 bits per heavy atom. The van der Waals surface area contributed by atoms with Crippen LogP contribution in [0.3, 0.4) is 0 Å². The second-order valence-electron chi connectivity index (χ2n) is 9.47. The number of ether oxygens (including phenoxy) is 1. The topological polar surface area (TPSA) is 75.3 Å². The van der Waals surface area contributed by atoms with Gasteiger partial charge in [-0.05, 0) is 63.3 Å². The Hall–Kier alpha value is -3.15. The van der Waals surface area contributed by atoms with Gasteiger partial charge in [0.05, 0.1) is 18.6 Å². The molecule has 0 spiro atoms. The quantitative estimate of drug-likeness (QED) is 0.504. The molecule has 174 valence electrons. The molecule has 1 aromatic carbocycles. The number of H-pyrrole nitrogens is 1. The SMILES string of the molecule is CCOC(=O)C(C)(C)CCCC(=O)N1CCc2c([nH]c3nc(Cc4ccccc4)ccc23)C1. The second-order valence-corrected chi connectivity index (χ2v) is 9.47. The minimum atomic E-state index is -0.564. The van der Waals surface area contributed by atoms with E-state index in [2.05, 4.69) is 29.2 Å². The molecular weight excluding hydrogens is 414 g/mol. The number of aromatic amines is 1. The molecule has 0 saturated carbocycles. The monoisotopic (exact) mass is 447 g/mol. The molecule has 0 atom stereocenters. The molecular formula is C27H33N3O3. The van der Waals surface area contributed by atoms with Crippen LogP contribution >= 0.6 is 0 Å². The van der Waals surface area contributed by atoms with Crippen molar-refractivity contribution in [2.45, 2.75) is 59.4 Å². The minimum Gasteiger partial charge on any atom is -0.466 e. The second kappa shape index (κ2) is 9.77. The number of benzene rings is 1. The van der Waals surface area contributed by atoms with Crippen LogP contribution in [0.5, 0.6) is 0 Å². The van der Waals surface area contributed by atoms with E-state index in [1.807, 2.05) is 43.9 Å². The number of nitrogens with one attached hydrogen (secondary N) is 1. The van der Waals surface area contributed by atoms with E-state index < -0.39 is 5.41 Å². The van der Waals surface area contributed by atoms with Crippen LogP contribution in [0.25, 0.3) is 11.0 Å². The lowest BCUT2D eigenvalue weighted by molar-refractivity contribution is -0.154. The molecule has 33 heavy (non-hydrogen) atoms. The van der Waals surface area contributed by atoms with Crippen LogP contribution in [-0.2, 0) is 33.7 Å². The minimum absolute atomic E-state index is 0.136. The third-order valence-corrected chi connectivity index (χ3v) is 6.49. The van der Waals surface area contributed by atoms with Gasteiger partial charge in [0.25, 0.3) is 0 Å². The number of pyridine rings is 1. The van der Waals surface area contributed by atoms with Gasteiger partial charge in [-0.25, -0.2) is 4.98 Å². The maximum atomic E-state index is 12.8. The third-order valence-electron chi connectivity index (χ3n) is 6.49. The average molecular weight is 448 g/mol. The highest BCUT2D eigenvalue weighted by Crippen LogP contribution is 2.29. The first-order valence-corrected chi connectivity index (χ1v) is 11.9. The molecule has 6 heteroatoms. The summed E-state index contributed by atoms with van der Waals surface area (Å²) >= 11 is 0. The molecule has 0 aliphatic carbocycles. The molecule has 0 radical (unpaired) electrons. The van der Waals surface area contributed by atoms with E-state index in [1.165, 1.54) is 11.1 Å². The summed E-state index contributed by atoms with van der Waals surface area (Å²) in [5.74, 6) is -0.0611. The molecule has 3 aromatic rings. The zero-order chi connectivity index (χ0) is 23.4. The van der Waals surface area contributed by atoms with Crippen LogP contribution in [0.1, 0.15) is 62.5 Å². The van der Waals surface area contributed by atoms with E-state index in [1.54, 1.807) is 0 Å². The van der Waals surface area contributed by atoms with E-state index in [0.29, 0.717) is 39.0 Å². The summed E-state index contributed by atoms with van der Waals surface area (Å²) in [6.07, 6.45) is 3.38. The zero-order valence-corrected chi connectivity index (χ0v) is 19.8. The van der Waals surface area contributed by atoms with Crippen molar-refractivity contribution in [1.82, 2.24) is 14.9 Å². The van der Waals surface area contributed by atoms with Crippen molar-refractivity contribution in [2.75, 3.05) is 13.2 Å². The number of amides is 1. The van der Waals surface area contributed by atoms with Gasteiger partial charge in [-0.15, -0.1) is 0 Å². The Morgan fingerprint density at radius 1 is 1.15 bits per heavy atom. The van der Waals surface area contributed by atoms with Gasteiger partial charge in [0.2, 0.25) is 5.91 Å². The molecule has 0 fully saturated rings. The van der Waals surface area contributed by atoms with Crippen molar-refractivity contribution in [1.29, 1.82) is 0 Å². The van der Waals surface area contributed by atoms with Gasteiger partial charge < -0.3 is 14.6 Å². The maximum absolute atomic E-state index is 12.8. The van der Waals surface area contributed by atoms with Gasteiger partial charge in [-0.1, -0.05) is 30.3 Å². The fraction of sp³-hybridized carbons (Fsp3) is 0.444. The van der Waals surface area contributed by atoms with Gasteiger partial charge in [0, 0.05) is 36.2 Å². The summed E-state index contributed by atoms with van der Waals surface area (Å²) < 4.78 is 5.15. The molecule has 1 aliphatic heterocycles. The maximum Gasteiger partial charge on any atom is 0.311 e. The Labute approximate surface area is 195 Å². The number of fused-ring (bicyclic) bond motifs is 3. The molecule has 4 rings (SSSR count). The highest BCUT2D eigenvalue weighted by molar-refractivity contribution is 5.83. The number of aromatic nitrogens is 2. The smallest absolute Gasteiger partial charge is 0.311 e. The number of carbonyl (C=O) groups excluding carboxylic acids is 2. The summed E-state index contributed by atoms with van der Waals surface area (Å²) in [6, 6.07) is 14.6. The molecule has 1 amide bonds. The van der Waals surface area contributed by atoms with E-state index in [4.69, 9.17) is 9.72 Å². The largest absolute Gasteiger partial charge is 0.466 e. The summed E-state index contributed by atoms with van der Waals surface area (Å²) in [5.41, 5.74) is 4.97. The molecule has 1 aliphatic rings. The highest BCUT2D eigenvalue weighted by Gasteiger charge is 2.30. The normalized spacial score (nSPS) is 13.7. The van der Waals surface area contributed by atoms with Crippen molar-refractivity contribution in [2.24, 2.45) is 5.41 Å². The lowest BCUT2D eigenvalue weighted by Crippen LogP contribution is -2.36. The Balaban J connectivity index is 1.38. The van der Waals surface area contributed by atoms with Crippen LogP contribution in [-0.4, -0.2) is 39.9 Å². The van der Waals surface area contributed by atoms with Crippen LogP contribution in [0.15, 0.2) is 42.5 Å². The molecule has 3 heterocycles. The van der Waals surface area contributed by atoms with Crippen LogP contribution in [0.4, 0.5) is 0 Å². The number of carbonyl (C=O) groups is 2. The number of nitrogens with zero attached hydrogens (tertiary/aromatic N) is 2. The Bertz CT molecular complexity index is 1130. The van der Waals surface area contributed by atoms with Crippen LogP contribution < -0.4 is 0 Å². The summed E-state index contributed by atoms with van der Waals surface area (Å²) in [7, 11) is 0. The fourth-order valence-electron chi connectivity index (χ4n) is 4.54. The first-order chi connectivity index (χ1) is 15.9.